The van der Waals surface area contributed by atoms with E-state index in [1.165, 1.54) is 70.9 Å². The van der Waals surface area contributed by atoms with E-state index in [4.69, 9.17) is 0 Å². The highest BCUT2D eigenvalue weighted by Crippen LogP contribution is 2.34. The monoisotopic (exact) mass is 293 g/mol. The van der Waals surface area contributed by atoms with Crippen LogP contribution in [0, 0.1) is 0 Å². The van der Waals surface area contributed by atoms with Gasteiger partial charge >= 0.3 is 0 Å². The molecule has 2 unspecified atom stereocenters. The molecule has 2 saturated heterocycles. The van der Waals surface area contributed by atoms with Crippen LogP contribution >= 0.6 is 0 Å². The molecule has 1 aliphatic carbocycles. The van der Waals surface area contributed by atoms with Crippen LogP contribution in [0.2, 0.25) is 0 Å². The maximum Gasteiger partial charge on any atom is 0.0115 e. The fourth-order valence-electron chi connectivity index (χ4n) is 5.10. The van der Waals surface area contributed by atoms with Gasteiger partial charge in [-0.25, -0.2) is 0 Å². The summed E-state index contributed by atoms with van der Waals surface area (Å²) in [6.07, 6.45) is 12.9. The van der Waals surface area contributed by atoms with Crippen LogP contribution in [0.5, 0.6) is 0 Å². The lowest BCUT2D eigenvalue weighted by Gasteiger charge is -2.49. The van der Waals surface area contributed by atoms with Gasteiger partial charge in [-0.15, -0.1) is 0 Å². The van der Waals surface area contributed by atoms with Crippen LogP contribution in [-0.2, 0) is 0 Å². The van der Waals surface area contributed by atoms with Crippen molar-refractivity contribution in [2.45, 2.75) is 88.9 Å². The van der Waals surface area contributed by atoms with Crippen molar-refractivity contribution in [2.75, 3.05) is 26.7 Å². The average Bonchev–Trinajstić information content (AvgIpc) is 2.99. The topological polar surface area (TPSA) is 18.5 Å². The van der Waals surface area contributed by atoms with Gasteiger partial charge in [0.1, 0.15) is 0 Å². The zero-order valence-electron chi connectivity index (χ0n) is 14.2. The predicted molar refractivity (Wildman–Crippen MR) is 89.7 cm³/mol. The minimum Gasteiger partial charge on any atom is -0.314 e. The normalized spacial score (nSPS) is 34.7. The summed E-state index contributed by atoms with van der Waals surface area (Å²) >= 11 is 0. The molecule has 1 N–H and O–H groups in total. The second-order valence-electron chi connectivity index (χ2n) is 7.62. The number of piperidine rings is 2. The molecule has 0 aromatic rings. The lowest BCUT2D eigenvalue weighted by molar-refractivity contribution is 0.0166. The smallest absolute Gasteiger partial charge is 0.0115 e. The highest BCUT2D eigenvalue weighted by Gasteiger charge is 2.37. The minimum atomic E-state index is 0.786. The van der Waals surface area contributed by atoms with Crippen molar-refractivity contribution in [3.05, 3.63) is 0 Å². The Morgan fingerprint density at radius 2 is 1.67 bits per heavy atom. The second-order valence-corrected chi connectivity index (χ2v) is 7.62. The van der Waals surface area contributed by atoms with E-state index in [1.54, 1.807) is 0 Å². The lowest BCUT2D eigenvalue weighted by Crippen LogP contribution is -2.57. The minimum absolute atomic E-state index is 0.786. The molecule has 3 rings (SSSR count). The van der Waals surface area contributed by atoms with Crippen molar-refractivity contribution < 1.29 is 0 Å². The molecule has 1 saturated carbocycles. The molecule has 2 atom stereocenters. The number of likely N-dealkylation sites (N-methyl/N-ethyl adjacent to an activating group) is 1. The molecule has 2 aliphatic heterocycles. The zero-order chi connectivity index (χ0) is 14.7. The molecule has 3 heteroatoms. The van der Waals surface area contributed by atoms with Crippen molar-refractivity contribution in [3.8, 4) is 0 Å². The first-order valence-corrected chi connectivity index (χ1v) is 9.47. The number of rotatable bonds is 6. The molecule has 3 nitrogen and oxygen atoms in total. The Morgan fingerprint density at radius 3 is 2.29 bits per heavy atom. The summed E-state index contributed by atoms with van der Waals surface area (Å²) in [5.41, 5.74) is 0. The van der Waals surface area contributed by atoms with E-state index < -0.39 is 0 Å². The summed E-state index contributed by atoms with van der Waals surface area (Å²) in [5.74, 6) is 0. The van der Waals surface area contributed by atoms with Crippen LogP contribution in [0.3, 0.4) is 0 Å². The van der Waals surface area contributed by atoms with Gasteiger partial charge in [0.2, 0.25) is 0 Å². The van der Waals surface area contributed by atoms with Gasteiger partial charge < -0.3 is 10.2 Å². The third-order valence-corrected chi connectivity index (χ3v) is 6.28. The van der Waals surface area contributed by atoms with Gasteiger partial charge in [0.15, 0.2) is 0 Å². The zero-order valence-corrected chi connectivity index (χ0v) is 14.2. The van der Waals surface area contributed by atoms with Crippen molar-refractivity contribution >= 4 is 0 Å². The Hall–Kier alpha value is -0.120. The van der Waals surface area contributed by atoms with Gasteiger partial charge in [-0.2, -0.15) is 0 Å². The molecule has 3 aliphatic rings. The molecular formula is C18H35N3. The number of fused-ring (bicyclic) bond motifs is 2. The summed E-state index contributed by atoms with van der Waals surface area (Å²) < 4.78 is 0. The SMILES string of the molecule is CCNC1CC2CCCC(C1)N2CCN(C)C1CCCC1. The van der Waals surface area contributed by atoms with E-state index in [0.29, 0.717) is 0 Å². The van der Waals surface area contributed by atoms with Crippen LogP contribution in [-0.4, -0.2) is 60.6 Å². The van der Waals surface area contributed by atoms with Gasteiger partial charge in [-0.3, -0.25) is 4.90 Å². The molecule has 2 bridgehead atoms. The van der Waals surface area contributed by atoms with Crippen molar-refractivity contribution in [1.29, 1.82) is 0 Å². The largest absolute Gasteiger partial charge is 0.314 e. The fraction of sp³-hybridized carbons (Fsp3) is 1.00. The Bertz CT molecular complexity index is 300. The van der Waals surface area contributed by atoms with Gasteiger partial charge in [0.05, 0.1) is 0 Å². The van der Waals surface area contributed by atoms with E-state index in [-0.39, 0.29) is 0 Å². The third kappa shape index (κ3) is 3.80. The number of hydrogen-bond donors (Lipinski definition) is 1. The maximum atomic E-state index is 3.71. The standard InChI is InChI=1S/C18H35N3/c1-3-19-15-13-17-9-6-10-18(14-15)21(17)12-11-20(2)16-7-4-5-8-16/h15-19H,3-14H2,1-2H3. The summed E-state index contributed by atoms with van der Waals surface area (Å²) in [5, 5.41) is 3.71. The van der Waals surface area contributed by atoms with Crippen LogP contribution < -0.4 is 5.32 Å². The van der Waals surface area contributed by atoms with E-state index in [1.807, 2.05) is 0 Å². The van der Waals surface area contributed by atoms with Crippen LogP contribution in [0.4, 0.5) is 0 Å². The van der Waals surface area contributed by atoms with E-state index >= 15 is 0 Å². The van der Waals surface area contributed by atoms with E-state index in [2.05, 4.69) is 29.1 Å². The van der Waals surface area contributed by atoms with Gasteiger partial charge in [0.25, 0.3) is 0 Å². The summed E-state index contributed by atoms with van der Waals surface area (Å²) in [7, 11) is 2.36. The van der Waals surface area contributed by atoms with Crippen molar-refractivity contribution in [3.63, 3.8) is 0 Å². The first-order valence-electron chi connectivity index (χ1n) is 9.47. The molecule has 0 radical (unpaired) electrons. The fourth-order valence-corrected chi connectivity index (χ4v) is 5.10. The molecule has 21 heavy (non-hydrogen) atoms. The van der Waals surface area contributed by atoms with Crippen molar-refractivity contribution in [1.82, 2.24) is 15.1 Å². The van der Waals surface area contributed by atoms with Gasteiger partial charge in [0, 0.05) is 37.3 Å². The first-order chi connectivity index (χ1) is 10.3. The summed E-state index contributed by atoms with van der Waals surface area (Å²) in [4.78, 5) is 5.53. The first kappa shape index (κ1) is 15.8. The van der Waals surface area contributed by atoms with Gasteiger partial charge in [-0.05, 0) is 52.1 Å². The van der Waals surface area contributed by atoms with Crippen LogP contribution in [0.1, 0.15) is 64.7 Å². The number of hydrogen-bond acceptors (Lipinski definition) is 3. The highest BCUT2D eigenvalue weighted by molar-refractivity contribution is 4.95. The molecule has 2 heterocycles. The highest BCUT2D eigenvalue weighted by atomic mass is 15.2. The van der Waals surface area contributed by atoms with Crippen LogP contribution in [0.15, 0.2) is 0 Å². The predicted octanol–water partition coefficient (Wildman–Crippen LogP) is 2.86. The molecule has 0 aromatic heterocycles. The Kier molecular flexibility index (Phi) is 5.58. The van der Waals surface area contributed by atoms with E-state index in [0.717, 1.165) is 30.7 Å². The van der Waals surface area contributed by atoms with Crippen molar-refractivity contribution in [2.24, 2.45) is 0 Å². The average molecular weight is 293 g/mol. The Labute approximate surface area is 131 Å². The Balaban J connectivity index is 1.50. The van der Waals surface area contributed by atoms with Crippen LogP contribution in [0.25, 0.3) is 0 Å². The maximum absolute atomic E-state index is 3.71. The molecule has 0 spiro atoms. The summed E-state index contributed by atoms with van der Waals surface area (Å²) in [6, 6.07) is 3.38. The molecule has 122 valence electrons. The molecule has 3 fully saturated rings. The molecular weight excluding hydrogens is 258 g/mol. The quantitative estimate of drug-likeness (QED) is 0.812. The molecule has 0 aromatic carbocycles. The van der Waals surface area contributed by atoms with E-state index in [9.17, 15) is 0 Å². The summed E-state index contributed by atoms with van der Waals surface area (Å²) in [6.45, 7) is 5.97. The second kappa shape index (κ2) is 7.43. The lowest BCUT2D eigenvalue weighted by atomic mass is 9.81. The number of nitrogens with one attached hydrogen (secondary N) is 1. The number of nitrogens with zero attached hydrogens (tertiary/aromatic N) is 2. The molecule has 0 amide bonds. The third-order valence-electron chi connectivity index (χ3n) is 6.28. The Morgan fingerprint density at radius 1 is 1.00 bits per heavy atom. The van der Waals surface area contributed by atoms with Gasteiger partial charge in [-0.1, -0.05) is 26.2 Å².